The van der Waals surface area contributed by atoms with Crippen LogP contribution >= 0.6 is 11.6 Å². The molecule has 2 aromatic carbocycles. The minimum atomic E-state index is -1.32. The number of halogens is 3. The molecule has 1 aliphatic heterocycles. The molecule has 0 radical (unpaired) electrons. The molecule has 0 bridgehead atoms. The average molecular weight is 451 g/mol. The van der Waals surface area contributed by atoms with Crippen molar-refractivity contribution in [2.75, 3.05) is 19.7 Å². The molecule has 1 saturated heterocycles. The van der Waals surface area contributed by atoms with E-state index in [1.807, 2.05) is 0 Å². The van der Waals surface area contributed by atoms with Gasteiger partial charge in [0.05, 0.1) is 11.6 Å². The van der Waals surface area contributed by atoms with Gasteiger partial charge in [-0.15, -0.1) is 0 Å². The predicted octanol–water partition coefficient (Wildman–Crippen LogP) is 4.77. The van der Waals surface area contributed by atoms with E-state index in [9.17, 15) is 14.0 Å². The van der Waals surface area contributed by atoms with Crippen molar-refractivity contribution in [3.05, 3.63) is 64.4 Å². The third kappa shape index (κ3) is 6.17. The number of nitrogens with two attached hydrogens (primary N) is 1. The summed E-state index contributed by atoms with van der Waals surface area (Å²) in [6.07, 6.45) is 2.23. The van der Waals surface area contributed by atoms with Crippen molar-refractivity contribution in [3.63, 3.8) is 0 Å². The Hall–Kier alpha value is -2.67. The minimum Gasteiger partial charge on any atom is -0.494 e. The zero-order valence-electron chi connectivity index (χ0n) is 17.1. The molecule has 0 unspecified atom stereocenters. The van der Waals surface area contributed by atoms with Gasteiger partial charge in [0.2, 0.25) is 5.91 Å². The van der Waals surface area contributed by atoms with Gasteiger partial charge in [0.1, 0.15) is 17.2 Å². The Morgan fingerprint density at radius 3 is 2.52 bits per heavy atom. The molecule has 2 aromatic rings. The molecule has 2 amide bonds. The van der Waals surface area contributed by atoms with E-state index in [4.69, 9.17) is 22.1 Å². The molecule has 8 heteroatoms. The maximum atomic E-state index is 15.1. The van der Waals surface area contributed by atoms with E-state index in [2.05, 4.69) is 0 Å². The summed E-state index contributed by atoms with van der Waals surface area (Å²) in [6, 6.07) is 10.5. The largest absolute Gasteiger partial charge is 0.494 e. The highest BCUT2D eigenvalue weighted by molar-refractivity contribution is 6.31. The van der Waals surface area contributed by atoms with E-state index in [1.165, 1.54) is 12.1 Å². The lowest BCUT2D eigenvalue weighted by Gasteiger charge is -2.36. The summed E-state index contributed by atoms with van der Waals surface area (Å²) in [6.45, 7) is 1.02. The molecule has 3 rings (SSSR count). The monoisotopic (exact) mass is 450 g/mol. The van der Waals surface area contributed by atoms with Gasteiger partial charge >= 0.3 is 0 Å². The summed E-state index contributed by atoms with van der Waals surface area (Å²) >= 11 is 5.75. The molecule has 1 aliphatic rings. The maximum absolute atomic E-state index is 15.1. The van der Waals surface area contributed by atoms with Gasteiger partial charge in [-0.2, -0.15) is 0 Å². The van der Waals surface area contributed by atoms with Crippen molar-refractivity contribution in [2.24, 2.45) is 5.73 Å². The van der Waals surface area contributed by atoms with Crippen LogP contribution in [0.3, 0.4) is 0 Å². The molecule has 166 valence electrons. The summed E-state index contributed by atoms with van der Waals surface area (Å²) in [7, 11) is 0. The van der Waals surface area contributed by atoms with Crippen molar-refractivity contribution >= 4 is 23.4 Å². The molecule has 2 N–H and O–H groups in total. The first-order chi connectivity index (χ1) is 14.8. The van der Waals surface area contributed by atoms with Crippen LogP contribution in [0.2, 0.25) is 5.02 Å². The lowest BCUT2D eigenvalue weighted by atomic mass is 9.88. The van der Waals surface area contributed by atoms with E-state index in [0.717, 1.165) is 6.07 Å². The van der Waals surface area contributed by atoms with Gasteiger partial charge in [-0.3, -0.25) is 9.59 Å². The van der Waals surface area contributed by atoms with Crippen LogP contribution in [0.15, 0.2) is 42.5 Å². The number of carbonyl (C=O) groups excluding carboxylic acids is 2. The number of alkyl halides is 1. The highest BCUT2D eigenvalue weighted by Crippen LogP contribution is 2.32. The van der Waals surface area contributed by atoms with Gasteiger partial charge in [-0.05, 0) is 68.5 Å². The van der Waals surface area contributed by atoms with Crippen molar-refractivity contribution < 1.29 is 23.1 Å². The van der Waals surface area contributed by atoms with Gasteiger partial charge in [0, 0.05) is 24.2 Å². The first-order valence-electron chi connectivity index (χ1n) is 10.2. The number of amides is 2. The Kier molecular flexibility index (Phi) is 7.49. The second kappa shape index (κ2) is 10.1. The number of piperidine rings is 1. The standard InChI is InChI=1S/C23H25ClF2N2O3/c24-19-15-17(6-7-20(19)25)22(30)28-11-9-23(26,10-12-28)8-1-2-13-31-18-5-3-4-16(14-18)21(27)29/h3-7,14-15H,1-2,8-13H2,(H2,27,29). The van der Waals surface area contributed by atoms with Gasteiger partial charge in [-0.1, -0.05) is 17.7 Å². The Labute approximate surface area is 185 Å². The number of primary amides is 1. The third-order valence-corrected chi connectivity index (χ3v) is 5.81. The molecule has 0 spiro atoms. The molecular formula is C23H25ClF2N2O3. The predicted molar refractivity (Wildman–Crippen MR) is 115 cm³/mol. The van der Waals surface area contributed by atoms with Crippen LogP contribution in [-0.2, 0) is 0 Å². The number of unbranched alkanes of at least 4 members (excludes halogenated alkanes) is 1. The Bertz CT molecular complexity index is 946. The third-order valence-electron chi connectivity index (χ3n) is 5.52. The van der Waals surface area contributed by atoms with Crippen molar-refractivity contribution in [2.45, 2.75) is 37.8 Å². The highest BCUT2D eigenvalue weighted by Gasteiger charge is 2.35. The van der Waals surface area contributed by atoms with Gasteiger partial charge in [0.15, 0.2) is 0 Å². The summed E-state index contributed by atoms with van der Waals surface area (Å²) < 4.78 is 34.0. The van der Waals surface area contributed by atoms with Crippen LogP contribution in [0, 0.1) is 5.82 Å². The number of carbonyl (C=O) groups is 2. The maximum Gasteiger partial charge on any atom is 0.253 e. The van der Waals surface area contributed by atoms with Crippen molar-refractivity contribution in [1.29, 1.82) is 0 Å². The number of benzene rings is 2. The first-order valence-corrected chi connectivity index (χ1v) is 10.6. The highest BCUT2D eigenvalue weighted by atomic mass is 35.5. The quantitative estimate of drug-likeness (QED) is 0.589. The van der Waals surface area contributed by atoms with Crippen molar-refractivity contribution in [1.82, 2.24) is 4.90 Å². The van der Waals surface area contributed by atoms with Crippen LogP contribution < -0.4 is 10.5 Å². The number of rotatable bonds is 8. The number of hydrogen-bond acceptors (Lipinski definition) is 3. The zero-order chi connectivity index (χ0) is 22.4. The molecule has 0 saturated carbocycles. The summed E-state index contributed by atoms with van der Waals surface area (Å²) in [5.41, 5.74) is 4.61. The van der Waals surface area contributed by atoms with Crippen LogP contribution in [0.5, 0.6) is 5.75 Å². The Morgan fingerprint density at radius 1 is 1.10 bits per heavy atom. The van der Waals surface area contributed by atoms with Gasteiger partial charge < -0.3 is 15.4 Å². The number of ether oxygens (including phenoxy) is 1. The zero-order valence-corrected chi connectivity index (χ0v) is 17.8. The topological polar surface area (TPSA) is 72.6 Å². The fraction of sp³-hybridized carbons (Fsp3) is 0.391. The summed E-state index contributed by atoms with van der Waals surface area (Å²) in [5.74, 6) is -0.809. The molecule has 0 aromatic heterocycles. The number of hydrogen-bond donors (Lipinski definition) is 1. The molecule has 1 heterocycles. The smallest absolute Gasteiger partial charge is 0.253 e. The van der Waals surface area contributed by atoms with Gasteiger partial charge in [0.25, 0.3) is 5.91 Å². The fourth-order valence-corrected chi connectivity index (χ4v) is 3.83. The molecule has 0 atom stereocenters. The fourth-order valence-electron chi connectivity index (χ4n) is 3.65. The second-order valence-electron chi connectivity index (χ2n) is 7.77. The van der Waals surface area contributed by atoms with Gasteiger partial charge in [-0.25, -0.2) is 8.78 Å². The van der Waals surface area contributed by atoms with E-state index in [0.29, 0.717) is 55.8 Å². The van der Waals surface area contributed by atoms with E-state index in [1.54, 1.807) is 29.2 Å². The van der Waals surface area contributed by atoms with Crippen LogP contribution in [-0.4, -0.2) is 42.1 Å². The summed E-state index contributed by atoms with van der Waals surface area (Å²) in [5, 5.41) is -0.105. The lowest BCUT2D eigenvalue weighted by Crippen LogP contribution is -2.44. The minimum absolute atomic E-state index is 0.105. The van der Waals surface area contributed by atoms with E-state index >= 15 is 4.39 Å². The van der Waals surface area contributed by atoms with Crippen LogP contribution in [0.4, 0.5) is 8.78 Å². The molecule has 1 fully saturated rings. The number of likely N-dealkylation sites (tertiary alicyclic amines) is 1. The van der Waals surface area contributed by atoms with E-state index < -0.39 is 17.4 Å². The van der Waals surface area contributed by atoms with E-state index in [-0.39, 0.29) is 23.8 Å². The average Bonchev–Trinajstić information content (AvgIpc) is 2.75. The molecule has 31 heavy (non-hydrogen) atoms. The SMILES string of the molecule is NC(=O)c1cccc(OCCCCC2(F)CCN(C(=O)c3ccc(F)c(Cl)c3)CC2)c1. The molecule has 5 nitrogen and oxygen atoms in total. The molecule has 0 aliphatic carbocycles. The first kappa shape index (κ1) is 23.0. The number of nitrogens with zero attached hydrogens (tertiary/aromatic N) is 1. The summed E-state index contributed by atoms with van der Waals surface area (Å²) in [4.78, 5) is 25.3. The Morgan fingerprint density at radius 2 is 1.84 bits per heavy atom. The normalized spacial score (nSPS) is 15.5. The van der Waals surface area contributed by atoms with Crippen LogP contribution in [0.1, 0.15) is 52.8 Å². The Balaban J connectivity index is 1.40. The molecular weight excluding hydrogens is 426 g/mol. The van der Waals surface area contributed by atoms with Crippen molar-refractivity contribution in [3.8, 4) is 5.75 Å². The lowest BCUT2D eigenvalue weighted by molar-refractivity contribution is 0.0382. The van der Waals surface area contributed by atoms with Crippen LogP contribution in [0.25, 0.3) is 0 Å². The second-order valence-corrected chi connectivity index (χ2v) is 8.18.